The first kappa shape index (κ1) is 21.7. The smallest absolute Gasteiger partial charge is 0.397 e. The number of hydrogen-bond acceptors (Lipinski definition) is 3. The minimum absolute atomic E-state index is 0.172. The second-order valence-corrected chi connectivity index (χ2v) is 8.12. The molecule has 2 aromatic carbocycles. The Labute approximate surface area is 170 Å². The Morgan fingerprint density at radius 3 is 2.48 bits per heavy atom. The van der Waals surface area contributed by atoms with E-state index in [-0.39, 0.29) is 17.6 Å². The number of piperidine rings is 1. The van der Waals surface area contributed by atoms with Gasteiger partial charge in [-0.3, -0.25) is 0 Å². The lowest BCUT2D eigenvalue weighted by atomic mass is 9.83. The van der Waals surface area contributed by atoms with Crippen LogP contribution in [0.2, 0.25) is 0 Å². The van der Waals surface area contributed by atoms with E-state index in [0.717, 1.165) is 24.9 Å². The average Bonchev–Trinajstić information content (AvgIpc) is 2.72. The molecule has 0 bridgehead atoms. The molecule has 29 heavy (non-hydrogen) atoms. The lowest BCUT2D eigenvalue weighted by Crippen LogP contribution is -2.45. The Morgan fingerprint density at radius 1 is 1.10 bits per heavy atom. The highest BCUT2D eigenvalue weighted by Crippen LogP contribution is 2.41. The molecular formula is C23H29F3N2O. The standard InChI is InChI=1S/C23H29F3N2O/c1-22(2,23(24,25)26)18-11-12-20(29-3)17(14-18)15-28-19-10-7-13-27-21(19)16-8-5-4-6-9-16/h4-6,8-9,11-12,14,19,21,27-28H,7,10,13,15H2,1-3H3. The predicted molar refractivity (Wildman–Crippen MR) is 109 cm³/mol. The zero-order chi connectivity index (χ0) is 21.1. The highest BCUT2D eigenvalue weighted by molar-refractivity contribution is 5.40. The Kier molecular flexibility index (Phi) is 6.54. The van der Waals surface area contributed by atoms with Crippen LogP contribution in [0.1, 0.15) is 49.4 Å². The lowest BCUT2D eigenvalue weighted by molar-refractivity contribution is -0.180. The fourth-order valence-corrected chi connectivity index (χ4v) is 3.83. The van der Waals surface area contributed by atoms with Crippen molar-refractivity contribution in [3.8, 4) is 5.75 Å². The molecule has 3 nitrogen and oxygen atoms in total. The number of halogens is 3. The van der Waals surface area contributed by atoms with Gasteiger partial charge < -0.3 is 15.4 Å². The van der Waals surface area contributed by atoms with Gasteiger partial charge in [-0.05, 0) is 56.5 Å². The highest BCUT2D eigenvalue weighted by atomic mass is 19.4. The summed E-state index contributed by atoms with van der Waals surface area (Å²) in [5, 5.41) is 7.12. The minimum atomic E-state index is -4.32. The molecule has 0 radical (unpaired) electrons. The molecule has 6 heteroatoms. The van der Waals surface area contributed by atoms with Crippen LogP contribution in [0.15, 0.2) is 48.5 Å². The van der Waals surface area contributed by atoms with Crippen molar-refractivity contribution in [2.75, 3.05) is 13.7 Å². The molecule has 2 aromatic rings. The SMILES string of the molecule is COc1ccc(C(C)(C)C(F)(F)F)cc1CNC1CCCNC1c1ccccc1. The fourth-order valence-electron chi connectivity index (χ4n) is 3.83. The van der Waals surface area contributed by atoms with Crippen molar-refractivity contribution >= 4 is 0 Å². The van der Waals surface area contributed by atoms with Crippen LogP contribution in [0.5, 0.6) is 5.75 Å². The first-order chi connectivity index (χ1) is 13.7. The Balaban J connectivity index is 1.81. The third-order valence-corrected chi connectivity index (χ3v) is 5.88. The van der Waals surface area contributed by atoms with Crippen molar-refractivity contribution in [1.29, 1.82) is 0 Å². The first-order valence-corrected chi connectivity index (χ1v) is 10.00. The van der Waals surface area contributed by atoms with Crippen molar-refractivity contribution in [1.82, 2.24) is 10.6 Å². The molecule has 0 amide bonds. The summed E-state index contributed by atoms with van der Waals surface area (Å²) in [5.74, 6) is 0.597. The summed E-state index contributed by atoms with van der Waals surface area (Å²) in [6.07, 6.45) is -2.26. The maximum Gasteiger partial charge on any atom is 0.397 e. The number of ether oxygens (including phenoxy) is 1. The molecular weight excluding hydrogens is 377 g/mol. The summed E-state index contributed by atoms with van der Waals surface area (Å²) in [6.45, 7) is 3.82. The van der Waals surface area contributed by atoms with Crippen LogP contribution in [-0.2, 0) is 12.0 Å². The molecule has 1 heterocycles. The topological polar surface area (TPSA) is 33.3 Å². The molecule has 158 valence electrons. The zero-order valence-corrected chi connectivity index (χ0v) is 17.1. The summed E-state index contributed by atoms with van der Waals surface area (Å²) < 4.78 is 45.9. The Bertz CT molecular complexity index is 806. The second-order valence-electron chi connectivity index (χ2n) is 8.12. The van der Waals surface area contributed by atoms with Crippen LogP contribution in [0.25, 0.3) is 0 Å². The van der Waals surface area contributed by atoms with Gasteiger partial charge in [-0.25, -0.2) is 0 Å². The van der Waals surface area contributed by atoms with Gasteiger partial charge in [0.1, 0.15) is 5.75 Å². The van der Waals surface area contributed by atoms with E-state index >= 15 is 0 Å². The van der Waals surface area contributed by atoms with Gasteiger partial charge >= 0.3 is 6.18 Å². The monoisotopic (exact) mass is 406 g/mol. The van der Waals surface area contributed by atoms with Crippen LogP contribution in [0.4, 0.5) is 13.2 Å². The van der Waals surface area contributed by atoms with Gasteiger partial charge in [0.25, 0.3) is 0 Å². The Morgan fingerprint density at radius 2 is 1.83 bits per heavy atom. The fraction of sp³-hybridized carbons (Fsp3) is 0.478. The van der Waals surface area contributed by atoms with E-state index in [1.807, 2.05) is 18.2 Å². The molecule has 1 aliphatic heterocycles. The van der Waals surface area contributed by atoms with Gasteiger partial charge in [0.15, 0.2) is 0 Å². The summed E-state index contributed by atoms with van der Waals surface area (Å²) in [7, 11) is 1.54. The van der Waals surface area contributed by atoms with Gasteiger partial charge in [-0.1, -0.05) is 36.4 Å². The number of methoxy groups -OCH3 is 1. The van der Waals surface area contributed by atoms with Crippen molar-refractivity contribution in [3.63, 3.8) is 0 Å². The molecule has 0 spiro atoms. The Hall–Kier alpha value is -2.05. The molecule has 0 aliphatic carbocycles. The zero-order valence-electron chi connectivity index (χ0n) is 17.1. The summed E-state index contributed by atoms with van der Waals surface area (Å²) >= 11 is 0. The van der Waals surface area contributed by atoms with Gasteiger partial charge in [0, 0.05) is 24.2 Å². The third-order valence-electron chi connectivity index (χ3n) is 5.88. The number of nitrogens with one attached hydrogen (secondary N) is 2. The second kappa shape index (κ2) is 8.76. The predicted octanol–water partition coefficient (Wildman–Crippen LogP) is 5.12. The van der Waals surface area contributed by atoms with Gasteiger partial charge in [0.2, 0.25) is 0 Å². The third kappa shape index (κ3) is 4.75. The van der Waals surface area contributed by atoms with E-state index in [2.05, 4.69) is 22.8 Å². The molecule has 2 atom stereocenters. The summed E-state index contributed by atoms with van der Waals surface area (Å²) in [4.78, 5) is 0. The normalized spacial score (nSPS) is 20.5. The van der Waals surface area contributed by atoms with E-state index in [4.69, 9.17) is 4.74 Å². The van der Waals surface area contributed by atoms with Crippen LogP contribution >= 0.6 is 0 Å². The van der Waals surface area contributed by atoms with Crippen molar-refractivity contribution in [2.45, 2.75) is 56.9 Å². The molecule has 2 N–H and O–H groups in total. The number of benzene rings is 2. The van der Waals surface area contributed by atoms with Crippen LogP contribution in [0, 0.1) is 0 Å². The highest BCUT2D eigenvalue weighted by Gasteiger charge is 2.48. The summed E-state index contributed by atoms with van der Waals surface area (Å²) in [5.41, 5.74) is 0.264. The van der Waals surface area contributed by atoms with Crippen LogP contribution in [-0.4, -0.2) is 25.9 Å². The largest absolute Gasteiger partial charge is 0.496 e. The first-order valence-electron chi connectivity index (χ1n) is 10.00. The molecule has 0 saturated carbocycles. The van der Waals surface area contributed by atoms with E-state index in [9.17, 15) is 13.2 Å². The maximum atomic E-state index is 13.5. The average molecular weight is 406 g/mol. The van der Waals surface area contributed by atoms with Crippen molar-refractivity contribution in [2.24, 2.45) is 0 Å². The molecule has 2 unspecified atom stereocenters. The van der Waals surface area contributed by atoms with Crippen molar-refractivity contribution in [3.05, 3.63) is 65.2 Å². The van der Waals surface area contributed by atoms with E-state index in [1.54, 1.807) is 19.2 Å². The van der Waals surface area contributed by atoms with E-state index in [0.29, 0.717) is 12.3 Å². The molecule has 1 aliphatic rings. The van der Waals surface area contributed by atoms with Gasteiger partial charge in [0.05, 0.1) is 12.5 Å². The van der Waals surface area contributed by atoms with E-state index < -0.39 is 11.6 Å². The molecule has 1 fully saturated rings. The lowest BCUT2D eigenvalue weighted by Gasteiger charge is -2.34. The van der Waals surface area contributed by atoms with Crippen LogP contribution < -0.4 is 15.4 Å². The molecule has 3 rings (SSSR count). The van der Waals surface area contributed by atoms with Crippen molar-refractivity contribution < 1.29 is 17.9 Å². The quantitative estimate of drug-likeness (QED) is 0.699. The number of rotatable bonds is 6. The van der Waals surface area contributed by atoms with Gasteiger partial charge in [-0.2, -0.15) is 13.2 Å². The number of hydrogen-bond donors (Lipinski definition) is 2. The van der Waals surface area contributed by atoms with Gasteiger partial charge in [-0.15, -0.1) is 0 Å². The van der Waals surface area contributed by atoms with E-state index in [1.165, 1.54) is 25.5 Å². The molecule has 0 aromatic heterocycles. The molecule has 1 saturated heterocycles. The number of alkyl halides is 3. The summed E-state index contributed by atoms with van der Waals surface area (Å²) in [6, 6.07) is 15.4. The van der Waals surface area contributed by atoms with Crippen LogP contribution in [0.3, 0.4) is 0 Å². The maximum absolute atomic E-state index is 13.5. The minimum Gasteiger partial charge on any atom is -0.496 e.